The fraction of sp³-hybridized carbons (Fsp3) is 0.458. The third kappa shape index (κ3) is 4.56. The molecule has 5 nitrogen and oxygen atoms in total. The van der Waals surface area contributed by atoms with Gasteiger partial charge in [-0.25, -0.2) is 0 Å². The summed E-state index contributed by atoms with van der Waals surface area (Å²) >= 11 is 0. The minimum Gasteiger partial charge on any atom is -0.495 e. The molecule has 2 saturated heterocycles. The monoisotopic (exact) mass is 393 g/mol. The lowest BCUT2D eigenvalue weighted by Crippen LogP contribution is -2.49. The molecular formula is C24H31N3O2. The predicted octanol–water partition coefficient (Wildman–Crippen LogP) is 3.22. The smallest absolute Gasteiger partial charge is 0.231 e. The van der Waals surface area contributed by atoms with Gasteiger partial charge in [0, 0.05) is 45.8 Å². The van der Waals surface area contributed by atoms with Gasteiger partial charge in [0.15, 0.2) is 0 Å². The molecule has 4 rings (SSSR count). The van der Waals surface area contributed by atoms with Crippen LogP contribution in [0.1, 0.15) is 24.3 Å². The Hall–Kier alpha value is -2.53. The average molecular weight is 394 g/mol. The van der Waals surface area contributed by atoms with E-state index < -0.39 is 0 Å². The van der Waals surface area contributed by atoms with E-state index in [0.717, 1.165) is 75.7 Å². The predicted molar refractivity (Wildman–Crippen MR) is 117 cm³/mol. The molecule has 0 radical (unpaired) electrons. The first-order chi connectivity index (χ1) is 14.3. The van der Waals surface area contributed by atoms with Crippen LogP contribution in [0.3, 0.4) is 0 Å². The molecule has 0 aromatic heterocycles. The van der Waals surface area contributed by atoms with Crippen molar-refractivity contribution in [2.75, 3.05) is 57.8 Å². The van der Waals surface area contributed by atoms with Crippen LogP contribution < -0.4 is 9.64 Å². The van der Waals surface area contributed by atoms with Gasteiger partial charge < -0.3 is 14.5 Å². The van der Waals surface area contributed by atoms with E-state index >= 15 is 0 Å². The molecule has 1 unspecified atom stereocenters. The van der Waals surface area contributed by atoms with Crippen molar-refractivity contribution >= 4 is 11.6 Å². The molecule has 1 amide bonds. The number of carbonyl (C=O) groups excluding carboxylic acids is 1. The fourth-order valence-electron chi connectivity index (χ4n) is 4.49. The highest BCUT2D eigenvalue weighted by atomic mass is 16.5. The molecule has 2 aliphatic heterocycles. The Morgan fingerprint density at radius 1 is 0.897 bits per heavy atom. The number of anilines is 1. The number of likely N-dealkylation sites (tertiary alicyclic amines) is 1. The maximum Gasteiger partial charge on any atom is 0.231 e. The van der Waals surface area contributed by atoms with Crippen molar-refractivity contribution in [3.63, 3.8) is 0 Å². The highest BCUT2D eigenvalue weighted by Crippen LogP contribution is 2.29. The normalized spacial score (nSPS) is 18.7. The number of rotatable bonds is 6. The second kappa shape index (κ2) is 9.31. The lowest BCUT2D eigenvalue weighted by Gasteiger charge is -2.38. The summed E-state index contributed by atoms with van der Waals surface area (Å²) in [5.41, 5.74) is 2.29. The van der Waals surface area contributed by atoms with E-state index in [2.05, 4.69) is 39.0 Å². The second-order valence-electron chi connectivity index (χ2n) is 7.96. The van der Waals surface area contributed by atoms with Gasteiger partial charge >= 0.3 is 0 Å². The molecule has 29 heavy (non-hydrogen) atoms. The van der Waals surface area contributed by atoms with E-state index in [4.69, 9.17) is 4.74 Å². The summed E-state index contributed by atoms with van der Waals surface area (Å²) < 4.78 is 5.53. The minimum atomic E-state index is -0.0767. The van der Waals surface area contributed by atoms with E-state index in [-0.39, 0.29) is 5.92 Å². The van der Waals surface area contributed by atoms with Crippen LogP contribution in [0.4, 0.5) is 5.69 Å². The van der Waals surface area contributed by atoms with Crippen molar-refractivity contribution < 1.29 is 9.53 Å². The number of ether oxygens (including phenoxy) is 1. The Morgan fingerprint density at radius 3 is 2.24 bits per heavy atom. The van der Waals surface area contributed by atoms with Crippen molar-refractivity contribution in [2.24, 2.45) is 0 Å². The Labute approximate surface area is 173 Å². The summed E-state index contributed by atoms with van der Waals surface area (Å²) in [4.78, 5) is 20.1. The van der Waals surface area contributed by atoms with Crippen LogP contribution in [-0.2, 0) is 4.79 Å². The van der Waals surface area contributed by atoms with Gasteiger partial charge in [0.1, 0.15) is 5.75 Å². The lowest BCUT2D eigenvalue weighted by molar-refractivity contribution is -0.132. The molecule has 0 bridgehead atoms. The molecular weight excluding hydrogens is 362 g/mol. The number of amides is 1. The summed E-state index contributed by atoms with van der Waals surface area (Å²) in [5.74, 6) is 1.14. The van der Waals surface area contributed by atoms with Gasteiger partial charge in [-0.1, -0.05) is 42.5 Å². The van der Waals surface area contributed by atoms with Crippen molar-refractivity contribution in [1.29, 1.82) is 0 Å². The summed E-state index contributed by atoms with van der Waals surface area (Å²) in [6.07, 6.45) is 2.26. The van der Waals surface area contributed by atoms with Crippen molar-refractivity contribution in [1.82, 2.24) is 9.80 Å². The number of carbonyl (C=O) groups is 1. The first kappa shape index (κ1) is 19.8. The number of hydrogen-bond acceptors (Lipinski definition) is 4. The molecule has 1 atom stereocenters. The quantitative estimate of drug-likeness (QED) is 0.755. The maximum atomic E-state index is 13.3. The molecule has 2 aliphatic rings. The Kier molecular flexibility index (Phi) is 6.35. The number of para-hydroxylation sites is 2. The van der Waals surface area contributed by atoms with Crippen LogP contribution in [0.25, 0.3) is 0 Å². The molecule has 2 aromatic rings. The summed E-state index contributed by atoms with van der Waals surface area (Å²) in [6.45, 7) is 6.40. The minimum absolute atomic E-state index is 0.0767. The van der Waals surface area contributed by atoms with Gasteiger partial charge in [0.25, 0.3) is 0 Å². The molecule has 2 aromatic carbocycles. The van der Waals surface area contributed by atoms with E-state index in [0.29, 0.717) is 5.91 Å². The average Bonchev–Trinajstić information content (AvgIpc) is 3.33. The number of piperazine rings is 1. The SMILES string of the molecule is COc1ccccc1N1CCN(CC(C(=O)N2CCCC2)c2ccccc2)CC1. The van der Waals surface area contributed by atoms with Crippen molar-refractivity contribution in [2.45, 2.75) is 18.8 Å². The Balaban J connectivity index is 1.43. The Morgan fingerprint density at radius 2 is 1.55 bits per heavy atom. The third-order valence-electron chi connectivity index (χ3n) is 6.16. The van der Waals surface area contributed by atoms with Crippen LogP contribution in [0, 0.1) is 0 Å². The van der Waals surface area contributed by atoms with Crippen LogP contribution in [0.2, 0.25) is 0 Å². The fourth-order valence-corrected chi connectivity index (χ4v) is 4.49. The van der Waals surface area contributed by atoms with E-state index in [1.54, 1.807) is 7.11 Å². The zero-order valence-corrected chi connectivity index (χ0v) is 17.3. The van der Waals surface area contributed by atoms with Gasteiger partial charge in [-0.05, 0) is 30.5 Å². The second-order valence-corrected chi connectivity index (χ2v) is 7.96. The lowest BCUT2D eigenvalue weighted by atomic mass is 9.96. The summed E-state index contributed by atoms with van der Waals surface area (Å²) in [7, 11) is 1.73. The van der Waals surface area contributed by atoms with Crippen molar-refractivity contribution in [3.05, 3.63) is 60.2 Å². The molecule has 2 heterocycles. The molecule has 0 aliphatic carbocycles. The van der Waals surface area contributed by atoms with Gasteiger partial charge in [0.05, 0.1) is 18.7 Å². The van der Waals surface area contributed by atoms with Gasteiger partial charge in [0.2, 0.25) is 5.91 Å². The zero-order chi connectivity index (χ0) is 20.1. The van der Waals surface area contributed by atoms with Crippen LogP contribution in [-0.4, -0.2) is 68.6 Å². The van der Waals surface area contributed by atoms with Gasteiger partial charge in [-0.2, -0.15) is 0 Å². The summed E-state index contributed by atoms with van der Waals surface area (Å²) in [5, 5.41) is 0. The highest BCUT2D eigenvalue weighted by molar-refractivity contribution is 5.84. The first-order valence-corrected chi connectivity index (χ1v) is 10.7. The van der Waals surface area contributed by atoms with Gasteiger partial charge in [-0.3, -0.25) is 9.69 Å². The van der Waals surface area contributed by atoms with Gasteiger partial charge in [-0.15, -0.1) is 0 Å². The zero-order valence-electron chi connectivity index (χ0n) is 17.3. The standard InChI is InChI=1S/C24H31N3O2/c1-29-23-12-6-5-11-22(23)26-17-15-25(16-18-26)19-21(20-9-3-2-4-10-20)24(28)27-13-7-8-14-27/h2-6,9-12,21H,7-8,13-19H2,1H3. The summed E-state index contributed by atoms with van der Waals surface area (Å²) in [6, 6.07) is 18.5. The highest BCUT2D eigenvalue weighted by Gasteiger charge is 2.30. The molecule has 5 heteroatoms. The third-order valence-corrected chi connectivity index (χ3v) is 6.16. The molecule has 0 spiro atoms. The molecule has 0 N–H and O–H groups in total. The van der Waals surface area contributed by atoms with E-state index in [1.807, 2.05) is 30.3 Å². The van der Waals surface area contributed by atoms with Crippen LogP contribution in [0.5, 0.6) is 5.75 Å². The molecule has 2 fully saturated rings. The maximum absolute atomic E-state index is 13.3. The number of methoxy groups -OCH3 is 1. The van der Waals surface area contributed by atoms with Crippen molar-refractivity contribution in [3.8, 4) is 5.75 Å². The number of nitrogens with zero attached hydrogens (tertiary/aromatic N) is 3. The number of hydrogen-bond donors (Lipinski definition) is 0. The first-order valence-electron chi connectivity index (χ1n) is 10.7. The van der Waals surface area contributed by atoms with Crippen LogP contribution >= 0.6 is 0 Å². The molecule has 0 saturated carbocycles. The van der Waals surface area contributed by atoms with Crippen LogP contribution in [0.15, 0.2) is 54.6 Å². The van der Waals surface area contributed by atoms with E-state index in [9.17, 15) is 4.79 Å². The number of benzene rings is 2. The molecule has 154 valence electrons. The van der Waals surface area contributed by atoms with E-state index in [1.165, 1.54) is 0 Å². The Bertz CT molecular complexity index is 797. The largest absolute Gasteiger partial charge is 0.495 e. The topological polar surface area (TPSA) is 36.0 Å².